The van der Waals surface area contributed by atoms with Crippen molar-refractivity contribution in [3.8, 4) is 5.75 Å². The topological polar surface area (TPSA) is 80.8 Å². The second-order valence-electron chi connectivity index (χ2n) is 7.20. The highest BCUT2D eigenvalue weighted by molar-refractivity contribution is 9.10. The number of carbonyl (C=O) groups excluding carboxylic acids is 2. The minimum absolute atomic E-state index is 0.0477. The molecule has 0 N–H and O–H groups in total. The van der Waals surface area contributed by atoms with E-state index in [1.54, 1.807) is 36.4 Å². The summed E-state index contributed by atoms with van der Waals surface area (Å²) in [5.41, 5.74) is 1.22. The molecule has 0 saturated carbocycles. The number of nitrogens with zero attached hydrogens (tertiary/aromatic N) is 1. The van der Waals surface area contributed by atoms with Gasteiger partial charge in [0.2, 0.25) is 0 Å². The summed E-state index contributed by atoms with van der Waals surface area (Å²) in [6.45, 7) is 0.0535. The zero-order valence-corrected chi connectivity index (χ0v) is 22.9. The Morgan fingerprint density at radius 3 is 2.31 bits per heavy atom. The van der Waals surface area contributed by atoms with E-state index in [2.05, 4.69) is 15.9 Å². The average molecular weight is 634 g/mol. The van der Waals surface area contributed by atoms with E-state index in [-0.39, 0.29) is 22.1 Å². The smallest absolute Gasteiger partial charge is 0.339 e. The van der Waals surface area contributed by atoms with Crippen LogP contribution in [0.1, 0.15) is 11.1 Å². The summed E-state index contributed by atoms with van der Waals surface area (Å²) in [5.74, 6) is -0.391. The fourth-order valence-corrected chi connectivity index (χ4v) is 5.87. The van der Waals surface area contributed by atoms with Crippen molar-refractivity contribution < 1.29 is 22.2 Å². The molecule has 0 radical (unpaired) electrons. The van der Waals surface area contributed by atoms with Gasteiger partial charge in [0.25, 0.3) is 11.1 Å². The summed E-state index contributed by atoms with van der Waals surface area (Å²) in [4.78, 5) is 26.6. The Hall–Kier alpha value is -2.01. The van der Waals surface area contributed by atoms with Gasteiger partial charge >= 0.3 is 10.1 Å². The first kappa shape index (κ1) is 26.1. The van der Waals surface area contributed by atoms with Crippen molar-refractivity contribution in [3.63, 3.8) is 0 Å². The molecule has 1 aliphatic rings. The first-order valence-corrected chi connectivity index (χ1v) is 13.9. The van der Waals surface area contributed by atoms with Crippen LogP contribution in [0, 0.1) is 0 Å². The van der Waals surface area contributed by atoms with E-state index >= 15 is 0 Å². The van der Waals surface area contributed by atoms with Gasteiger partial charge in [-0.3, -0.25) is 14.5 Å². The van der Waals surface area contributed by atoms with E-state index in [4.69, 9.17) is 39.0 Å². The van der Waals surface area contributed by atoms with Gasteiger partial charge in [-0.15, -0.1) is 0 Å². The molecular formula is C23H13BrCl3NO5S2. The van der Waals surface area contributed by atoms with E-state index in [1.807, 2.05) is 0 Å². The summed E-state index contributed by atoms with van der Waals surface area (Å²) in [7, 11) is -4.08. The first-order chi connectivity index (χ1) is 16.5. The van der Waals surface area contributed by atoms with Gasteiger partial charge in [0.15, 0.2) is 5.75 Å². The molecule has 1 aliphatic heterocycles. The van der Waals surface area contributed by atoms with Crippen LogP contribution < -0.4 is 4.18 Å². The molecule has 3 aromatic rings. The van der Waals surface area contributed by atoms with Gasteiger partial charge in [0.05, 0.1) is 26.0 Å². The average Bonchev–Trinajstić information content (AvgIpc) is 3.05. The maximum atomic E-state index is 12.8. The third-order valence-corrected chi connectivity index (χ3v) is 8.52. The van der Waals surface area contributed by atoms with E-state index in [0.717, 1.165) is 16.7 Å². The largest absolute Gasteiger partial charge is 0.378 e. The minimum Gasteiger partial charge on any atom is -0.378 e. The standard InChI is InChI=1S/C23H13BrCl3NO5S2/c24-17-9-13(2-8-20(17)33-35(31,32)16-5-3-15(25)4-6-16)11-21-22(29)28(23(30)34-21)12-14-1-7-18(26)19(27)10-14/h1-11H,12H2/b21-11-. The van der Waals surface area contributed by atoms with Gasteiger partial charge in [-0.1, -0.05) is 46.9 Å². The molecule has 0 atom stereocenters. The summed E-state index contributed by atoms with van der Waals surface area (Å²) in [5, 5.41) is 0.691. The molecule has 2 amide bonds. The van der Waals surface area contributed by atoms with Gasteiger partial charge in [-0.05, 0) is 93.4 Å². The number of imide groups is 1. The Labute approximate surface area is 229 Å². The van der Waals surface area contributed by atoms with Gasteiger partial charge in [-0.25, -0.2) is 0 Å². The fraction of sp³-hybridized carbons (Fsp3) is 0.0435. The molecule has 35 heavy (non-hydrogen) atoms. The Balaban J connectivity index is 1.51. The molecule has 1 heterocycles. The third kappa shape index (κ3) is 6.04. The van der Waals surface area contributed by atoms with E-state index < -0.39 is 21.3 Å². The molecule has 0 aliphatic carbocycles. The van der Waals surface area contributed by atoms with Gasteiger partial charge in [0.1, 0.15) is 4.90 Å². The van der Waals surface area contributed by atoms with Crippen molar-refractivity contribution in [3.05, 3.63) is 96.2 Å². The molecule has 0 unspecified atom stereocenters. The SMILES string of the molecule is O=C1S/C(=C\c2ccc(OS(=O)(=O)c3ccc(Cl)cc3)c(Br)c2)C(=O)N1Cc1ccc(Cl)c(Cl)c1. The van der Waals surface area contributed by atoms with Crippen LogP contribution in [-0.2, 0) is 21.5 Å². The molecule has 180 valence electrons. The lowest BCUT2D eigenvalue weighted by Crippen LogP contribution is -2.27. The number of carbonyl (C=O) groups is 2. The van der Waals surface area contributed by atoms with Crippen molar-refractivity contribution in [1.82, 2.24) is 4.90 Å². The molecule has 3 aromatic carbocycles. The number of amides is 2. The zero-order chi connectivity index (χ0) is 25.3. The Morgan fingerprint density at radius 2 is 1.66 bits per heavy atom. The third-order valence-electron chi connectivity index (χ3n) is 4.75. The summed E-state index contributed by atoms with van der Waals surface area (Å²) < 4.78 is 30.6. The maximum absolute atomic E-state index is 12.8. The normalized spacial score (nSPS) is 15.2. The molecule has 1 fully saturated rings. The van der Waals surface area contributed by atoms with E-state index in [1.165, 1.54) is 30.3 Å². The molecule has 4 rings (SSSR count). The van der Waals surface area contributed by atoms with Gasteiger partial charge in [0, 0.05) is 5.02 Å². The Morgan fingerprint density at radius 1 is 0.943 bits per heavy atom. The van der Waals surface area contributed by atoms with Crippen molar-refractivity contribution in [2.24, 2.45) is 0 Å². The maximum Gasteiger partial charge on any atom is 0.339 e. The van der Waals surface area contributed by atoms with Crippen molar-refractivity contribution in [1.29, 1.82) is 0 Å². The lowest BCUT2D eigenvalue weighted by atomic mass is 10.2. The van der Waals surface area contributed by atoms with Crippen LogP contribution in [0.5, 0.6) is 5.75 Å². The van der Waals surface area contributed by atoms with Gasteiger partial charge in [-0.2, -0.15) is 8.42 Å². The Kier molecular flexibility index (Phi) is 7.85. The number of thioether (sulfide) groups is 1. The number of hydrogen-bond donors (Lipinski definition) is 0. The molecule has 12 heteroatoms. The molecule has 0 bridgehead atoms. The predicted molar refractivity (Wildman–Crippen MR) is 141 cm³/mol. The highest BCUT2D eigenvalue weighted by atomic mass is 79.9. The highest BCUT2D eigenvalue weighted by Crippen LogP contribution is 2.36. The van der Waals surface area contributed by atoms with Crippen LogP contribution in [0.15, 0.2) is 74.9 Å². The monoisotopic (exact) mass is 631 g/mol. The molecule has 1 saturated heterocycles. The fourth-order valence-electron chi connectivity index (χ4n) is 3.05. The quantitative estimate of drug-likeness (QED) is 0.208. The first-order valence-electron chi connectivity index (χ1n) is 9.72. The van der Waals surface area contributed by atoms with Crippen LogP contribution in [0.25, 0.3) is 6.08 Å². The summed E-state index contributed by atoms with van der Waals surface area (Å²) in [6, 6.07) is 15.1. The number of hydrogen-bond acceptors (Lipinski definition) is 6. The van der Waals surface area contributed by atoms with Crippen LogP contribution in [-0.4, -0.2) is 24.5 Å². The van der Waals surface area contributed by atoms with E-state index in [9.17, 15) is 18.0 Å². The van der Waals surface area contributed by atoms with Gasteiger partial charge < -0.3 is 4.18 Å². The highest BCUT2D eigenvalue weighted by Gasteiger charge is 2.35. The lowest BCUT2D eigenvalue weighted by Gasteiger charge is -2.13. The van der Waals surface area contributed by atoms with Crippen molar-refractivity contribution in [2.75, 3.05) is 0 Å². The van der Waals surface area contributed by atoms with E-state index in [0.29, 0.717) is 30.7 Å². The molecule has 0 spiro atoms. The number of halogens is 4. The predicted octanol–water partition coefficient (Wildman–Crippen LogP) is 7.41. The molecular weight excluding hydrogens is 621 g/mol. The van der Waals surface area contributed by atoms with Crippen molar-refractivity contribution >= 4 is 89.8 Å². The summed E-state index contributed by atoms with van der Waals surface area (Å²) in [6.07, 6.45) is 1.54. The van der Waals surface area contributed by atoms with Crippen LogP contribution >= 0.6 is 62.5 Å². The second-order valence-corrected chi connectivity index (χ2v) is 11.8. The second kappa shape index (κ2) is 10.5. The molecule has 6 nitrogen and oxygen atoms in total. The van der Waals surface area contributed by atoms with Crippen LogP contribution in [0.3, 0.4) is 0 Å². The minimum atomic E-state index is -4.08. The van der Waals surface area contributed by atoms with Crippen molar-refractivity contribution in [2.45, 2.75) is 11.4 Å². The Bertz CT molecular complexity index is 1480. The van der Waals surface area contributed by atoms with Crippen LogP contribution in [0.2, 0.25) is 15.1 Å². The van der Waals surface area contributed by atoms with Crippen LogP contribution in [0.4, 0.5) is 4.79 Å². The lowest BCUT2D eigenvalue weighted by molar-refractivity contribution is -0.123. The molecule has 0 aromatic heterocycles. The summed E-state index contributed by atoms with van der Waals surface area (Å²) >= 11 is 21.9. The zero-order valence-electron chi connectivity index (χ0n) is 17.4. The number of rotatable bonds is 6. The number of benzene rings is 3.